The van der Waals surface area contributed by atoms with Crippen LogP contribution >= 0.6 is 0 Å². The van der Waals surface area contributed by atoms with E-state index in [2.05, 4.69) is 10.2 Å². The highest BCUT2D eigenvalue weighted by Gasteiger charge is 2.33. The topological polar surface area (TPSA) is 125 Å². The first-order valence-electron chi connectivity index (χ1n) is 7.44. The number of benzene rings is 1. The standard InChI is InChI=1S/C15H15F3N6O2/c1-23(6-2-3-11-10(8-19)14(20)22-21-11)12-5-4-9(15(16,17)18)7-13(12)24(25)26/h4-5,7H,2-3,6H2,1H3,(H3,20,21,22). The number of anilines is 2. The largest absolute Gasteiger partial charge is 0.416 e. The maximum atomic E-state index is 12.7. The Kier molecular flexibility index (Phi) is 5.35. The van der Waals surface area contributed by atoms with Gasteiger partial charge in [0.05, 0.1) is 16.2 Å². The number of nitro groups is 1. The second-order valence-corrected chi connectivity index (χ2v) is 5.56. The highest BCUT2D eigenvalue weighted by molar-refractivity contribution is 5.64. The molecule has 1 aromatic heterocycles. The molecule has 0 saturated carbocycles. The van der Waals surface area contributed by atoms with Gasteiger partial charge in [-0.3, -0.25) is 15.2 Å². The Morgan fingerprint density at radius 3 is 2.73 bits per heavy atom. The summed E-state index contributed by atoms with van der Waals surface area (Å²) in [6.07, 6.45) is -3.77. The summed E-state index contributed by atoms with van der Waals surface area (Å²) in [6, 6.07) is 4.34. The van der Waals surface area contributed by atoms with Gasteiger partial charge < -0.3 is 10.6 Å². The molecule has 1 heterocycles. The number of aromatic nitrogens is 2. The molecule has 2 rings (SSSR count). The van der Waals surface area contributed by atoms with Crippen LogP contribution in [0, 0.1) is 21.4 Å². The van der Waals surface area contributed by atoms with Gasteiger partial charge in [-0.05, 0) is 25.0 Å². The number of alkyl halides is 3. The second kappa shape index (κ2) is 7.30. The van der Waals surface area contributed by atoms with Crippen molar-refractivity contribution in [3.63, 3.8) is 0 Å². The first-order chi connectivity index (χ1) is 12.1. The SMILES string of the molecule is CN(CCCc1[nH]nc(N)c1C#N)c1ccc(C(F)(F)F)cc1[N+](=O)[O-]. The third kappa shape index (κ3) is 4.02. The van der Waals surface area contributed by atoms with Gasteiger partial charge in [-0.2, -0.15) is 23.5 Å². The molecule has 138 valence electrons. The maximum Gasteiger partial charge on any atom is 0.416 e. The summed E-state index contributed by atoms with van der Waals surface area (Å²) in [4.78, 5) is 11.8. The normalized spacial score (nSPS) is 11.2. The molecule has 8 nitrogen and oxygen atoms in total. The molecule has 0 unspecified atom stereocenters. The number of H-pyrrole nitrogens is 1. The Bertz CT molecular complexity index is 856. The van der Waals surface area contributed by atoms with E-state index in [0.717, 1.165) is 12.1 Å². The van der Waals surface area contributed by atoms with E-state index >= 15 is 0 Å². The number of hydrogen-bond acceptors (Lipinski definition) is 6. The number of halogens is 3. The van der Waals surface area contributed by atoms with Gasteiger partial charge in [-0.25, -0.2) is 0 Å². The average Bonchev–Trinajstić information content (AvgIpc) is 2.93. The minimum absolute atomic E-state index is 0.0765. The lowest BCUT2D eigenvalue weighted by atomic mass is 10.1. The van der Waals surface area contributed by atoms with Crippen LogP contribution in [-0.4, -0.2) is 28.7 Å². The summed E-state index contributed by atoms with van der Waals surface area (Å²) in [7, 11) is 1.54. The van der Waals surface area contributed by atoms with Gasteiger partial charge in [0.2, 0.25) is 0 Å². The van der Waals surface area contributed by atoms with Crippen LogP contribution in [0.4, 0.5) is 30.4 Å². The quantitative estimate of drug-likeness (QED) is 0.597. The molecule has 0 aliphatic carbocycles. The van der Waals surface area contributed by atoms with Gasteiger partial charge in [-0.15, -0.1) is 0 Å². The molecule has 0 bridgehead atoms. The summed E-state index contributed by atoms with van der Waals surface area (Å²) < 4.78 is 38.2. The predicted octanol–water partition coefficient (Wildman–Crippen LogP) is 2.86. The van der Waals surface area contributed by atoms with E-state index in [0.29, 0.717) is 31.1 Å². The minimum atomic E-state index is -4.66. The Morgan fingerprint density at radius 1 is 1.46 bits per heavy atom. The lowest BCUT2D eigenvalue weighted by Crippen LogP contribution is -2.21. The van der Waals surface area contributed by atoms with Crippen molar-refractivity contribution < 1.29 is 18.1 Å². The fourth-order valence-corrected chi connectivity index (χ4v) is 2.48. The third-order valence-electron chi connectivity index (χ3n) is 3.81. The number of nitrogens with two attached hydrogens (primary N) is 1. The molecule has 2 aromatic rings. The van der Waals surface area contributed by atoms with E-state index < -0.39 is 22.4 Å². The van der Waals surface area contributed by atoms with Gasteiger partial charge in [0.15, 0.2) is 5.82 Å². The van der Waals surface area contributed by atoms with Crippen LogP contribution in [0.1, 0.15) is 23.2 Å². The number of aryl methyl sites for hydroxylation is 1. The van der Waals surface area contributed by atoms with Crippen molar-refractivity contribution in [1.82, 2.24) is 10.2 Å². The van der Waals surface area contributed by atoms with Gasteiger partial charge in [-0.1, -0.05) is 0 Å². The van der Waals surface area contributed by atoms with Crippen LogP contribution < -0.4 is 10.6 Å². The number of nitrogens with zero attached hydrogens (tertiary/aromatic N) is 4. The summed E-state index contributed by atoms with van der Waals surface area (Å²) in [5.41, 5.74) is 4.70. The van der Waals surface area contributed by atoms with E-state index in [1.807, 2.05) is 6.07 Å². The van der Waals surface area contributed by atoms with Crippen molar-refractivity contribution in [1.29, 1.82) is 5.26 Å². The first kappa shape index (κ1) is 19.0. The summed E-state index contributed by atoms with van der Waals surface area (Å²) in [6.45, 7) is 0.315. The van der Waals surface area contributed by atoms with Gasteiger partial charge >= 0.3 is 6.18 Å². The summed E-state index contributed by atoms with van der Waals surface area (Å²) >= 11 is 0. The van der Waals surface area contributed by atoms with Crippen molar-refractivity contribution in [3.05, 3.63) is 45.1 Å². The number of nitro benzene ring substituents is 1. The zero-order valence-electron chi connectivity index (χ0n) is 13.7. The molecule has 11 heteroatoms. The maximum absolute atomic E-state index is 12.7. The molecule has 0 aliphatic heterocycles. The Morgan fingerprint density at radius 2 is 2.15 bits per heavy atom. The van der Waals surface area contributed by atoms with Gasteiger partial charge in [0.25, 0.3) is 5.69 Å². The Hall–Kier alpha value is -3.29. The fraction of sp³-hybridized carbons (Fsp3) is 0.333. The van der Waals surface area contributed by atoms with Gasteiger partial charge in [0.1, 0.15) is 17.3 Å². The molecular formula is C15H15F3N6O2. The predicted molar refractivity (Wildman–Crippen MR) is 87.4 cm³/mol. The summed E-state index contributed by atoms with van der Waals surface area (Å²) in [5, 5.41) is 26.5. The zero-order valence-corrected chi connectivity index (χ0v) is 13.7. The van der Waals surface area contributed by atoms with Crippen LogP contribution in [0.25, 0.3) is 0 Å². The lowest BCUT2D eigenvalue weighted by molar-refractivity contribution is -0.384. The Balaban J connectivity index is 2.13. The van der Waals surface area contributed by atoms with Gasteiger partial charge in [0, 0.05) is 19.7 Å². The molecule has 0 atom stereocenters. The van der Waals surface area contributed by atoms with E-state index in [4.69, 9.17) is 11.0 Å². The molecule has 26 heavy (non-hydrogen) atoms. The summed E-state index contributed by atoms with van der Waals surface area (Å²) in [5.74, 6) is 0.0919. The lowest BCUT2D eigenvalue weighted by Gasteiger charge is -2.19. The van der Waals surface area contributed by atoms with E-state index in [9.17, 15) is 23.3 Å². The molecule has 0 amide bonds. The number of aromatic amines is 1. The zero-order chi connectivity index (χ0) is 19.5. The second-order valence-electron chi connectivity index (χ2n) is 5.56. The molecular weight excluding hydrogens is 353 g/mol. The number of hydrogen-bond donors (Lipinski definition) is 2. The smallest absolute Gasteiger partial charge is 0.381 e. The Labute approximate surface area is 146 Å². The highest BCUT2D eigenvalue weighted by atomic mass is 19.4. The monoisotopic (exact) mass is 368 g/mol. The van der Waals surface area contributed by atoms with E-state index in [-0.39, 0.29) is 17.1 Å². The van der Waals surface area contributed by atoms with Crippen molar-refractivity contribution in [2.45, 2.75) is 19.0 Å². The molecule has 1 aromatic carbocycles. The van der Waals surface area contributed by atoms with Crippen molar-refractivity contribution in [2.75, 3.05) is 24.2 Å². The van der Waals surface area contributed by atoms with Crippen LogP contribution in [-0.2, 0) is 12.6 Å². The van der Waals surface area contributed by atoms with Crippen molar-refractivity contribution in [3.8, 4) is 6.07 Å². The molecule has 3 N–H and O–H groups in total. The highest BCUT2D eigenvalue weighted by Crippen LogP contribution is 2.36. The number of nitrogens with one attached hydrogen (secondary N) is 1. The number of nitrogen functional groups attached to an aromatic ring is 1. The number of rotatable bonds is 6. The average molecular weight is 368 g/mol. The molecule has 0 radical (unpaired) electrons. The van der Waals surface area contributed by atoms with Crippen LogP contribution in [0.3, 0.4) is 0 Å². The molecule has 0 fully saturated rings. The molecule has 0 aliphatic rings. The minimum Gasteiger partial charge on any atom is -0.381 e. The fourth-order valence-electron chi connectivity index (χ4n) is 2.48. The van der Waals surface area contributed by atoms with Crippen LogP contribution in [0.2, 0.25) is 0 Å². The van der Waals surface area contributed by atoms with Crippen molar-refractivity contribution in [2.24, 2.45) is 0 Å². The van der Waals surface area contributed by atoms with Crippen LogP contribution in [0.15, 0.2) is 18.2 Å². The van der Waals surface area contributed by atoms with E-state index in [1.54, 1.807) is 7.05 Å². The third-order valence-corrected chi connectivity index (χ3v) is 3.81. The van der Waals surface area contributed by atoms with E-state index in [1.165, 1.54) is 4.90 Å². The molecule has 0 saturated heterocycles. The number of nitriles is 1. The van der Waals surface area contributed by atoms with Crippen LogP contribution in [0.5, 0.6) is 0 Å². The first-order valence-corrected chi connectivity index (χ1v) is 7.44. The molecule has 0 spiro atoms. The van der Waals surface area contributed by atoms with Crippen molar-refractivity contribution >= 4 is 17.2 Å².